The lowest BCUT2D eigenvalue weighted by Crippen LogP contribution is -2.37. The Morgan fingerprint density at radius 1 is 1.13 bits per heavy atom. The smallest absolute Gasteiger partial charge is 0.272 e. The molecule has 2 atom stereocenters. The SMILES string of the molecule is Cc1cccc(C2Oc3c(O)cccc3CC2S(=O)(=O)O)c1C. The summed E-state index contributed by atoms with van der Waals surface area (Å²) in [7, 11) is -4.31. The summed E-state index contributed by atoms with van der Waals surface area (Å²) in [5.74, 6) is 0.241. The van der Waals surface area contributed by atoms with Gasteiger partial charge in [-0.3, -0.25) is 4.55 Å². The highest BCUT2D eigenvalue weighted by molar-refractivity contribution is 7.86. The van der Waals surface area contributed by atoms with Crippen molar-refractivity contribution in [3.05, 3.63) is 58.7 Å². The Morgan fingerprint density at radius 2 is 1.83 bits per heavy atom. The molecule has 0 spiro atoms. The fraction of sp³-hybridized carbons (Fsp3) is 0.294. The normalized spacial score (nSPS) is 20.7. The third-order valence-corrected chi connectivity index (χ3v) is 5.59. The van der Waals surface area contributed by atoms with Gasteiger partial charge in [-0.25, -0.2) is 0 Å². The molecule has 1 aliphatic rings. The zero-order chi connectivity index (χ0) is 16.8. The third kappa shape index (κ3) is 2.80. The summed E-state index contributed by atoms with van der Waals surface area (Å²) in [5.41, 5.74) is 3.17. The van der Waals surface area contributed by atoms with Gasteiger partial charge >= 0.3 is 0 Å². The fourth-order valence-corrected chi connectivity index (χ4v) is 3.91. The van der Waals surface area contributed by atoms with E-state index >= 15 is 0 Å². The predicted molar refractivity (Wildman–Crippen MR) is 86.4 cm³/mol. The van der Waals surface area contributed by atoms with Crippen LogP contribution >= 0.6 is 0 Å². The number of ether oxygens (including phenoxy) is 1. The quantitative estimate of drug-likeness (QED) is 0.825. The molecular formula is C17H18O5S. The van der Waals surface area contributed by atoms with Gasteiger partial charge in [0.1, 0.15) is 11.4 Å². The molecule has 6 heteroatoms. The van der Waals surface area contributed by atoms with Crippen molar-refractivity contribution in [1.82, 2.24) is 0 Å². The topological polar surface area (TPSA) is 83.8 Å². The van der Waals surface area contributed by atoms with E-state index in [0.717, 1.165) is 11.1 Å². The minimum atomic E-state index is -4.31. The van der Waals surface area contributed by atoms with E-state index in [0.29, 0.717) is 11.1 Å². The van der Waals surface area contributed by atoms with E-state index in [1.165, 1.54) is 6.07 Å². The summed E-state index contributed by atoms with van der Waals surface area (Å²) < 4.78 is 39.2. The Bertz CT molecular complexity index is 857. The lowest BCUT2D eigenvalue weighted by molar-refractivity contribution is 0.167. The minimum absolute atomic E-state index is 0.0356. The number of fused-ring (bicyclic) bond motifs is 1. The van der Waals surface area contributed by atoms with Crippen LogP contribution < -0.4 is 4.74 Å². The summed E-state index contributed by atoms with van der Waals surface area (Å²) in [6.07, 6.45) is -0.786. The molecule has 0 aromatic heterocycles. The Hall–Kier alpha value is -2.05. The number of phenols is 1. The van der Waals surface area contributed by atoms with Gasteiger partial charge < -0.3 is 9.84 Å². The molecule has 0 bridgehead atoms. The molecule has 2 aromatic carbocycles. The van der Waals surface area contributed by atoms with E-state index in [4.69, 9.17) is 4.74 Å². The molecule has 0 fully saturated rings. The average molecular weight is 334 g/mol. The molecule has 1 heterocycles. The van der Waals surface area contributed by atoms with Crippen molar-refractivity contribution < 1.29 is 22.8 Å². The first-order valence-electron chi connectivity index (χ1n) is 7.29. The Balaban J connectivity index is 2.17. The summed E-state index contributed by atoms with van der Waals surface area (Å²) in [4.78, 5) is 0. The highest BCUT2D eigenvalue weighted by Gasteiger charge is 2.41. The van der Waals surface area contributed by atoms with Crippen LogP contribution in [0.1, 0.15) is 28.4 Å². The predicted octanol–water partition coefficient (Wildman–Crippen LogP) is 2.94. The molecular weight excluding hydrogens is 316 g/mol. The first-order valence-corrected chi connectivity index (χ1v) is 8.79. The summed E-state index contributed by atoms with van der Waals surface area (Å²) in [6.45, 7) is 3.81. The van der Waals surface area contributed by atoms with E-state index in [9.17, 15) is 18.1 Å². The van der Waals surface area contributed by atoms with E-state index in [2.05, 4.69) is 0 Å². The van der Waals surface area contributed by atoms with E-state index < -0.39 is 21.5 Å². The lowest BCUT2D eigenvalue weighted by Gasteiger charge is -2.33. The molecule has 122 valence electrons. The van der Waals surface area contributed by atoms with Gasteiger partial charge in [0, 0.05) is 0 Å². The molecule has 2 aromatic rings. The van der Waals surface area contributed by atoms with Crippen LogP contribution in [0.5, 0.6) is 11.5 Å². The van der Waals surface area contributed by atoms with E-state index in [1.54, 1.807) is 18.2 Å². The number of aromatic hydroxyl groups is 1. The van der Waals surface area contributed by atoms with Crippen molar-refractivity contribution in [2.24, 2.45) is 0 Å². The van der Waals surface area contributed by atoms with Crippen LogP contribution in [-0.4, -0.2) is 23.3 Å². The van der Waals surface area contributed by atoms with Crippen molar-refractivity contribution in [3.63, 3.8) is 0 Å². The van der Waals surface area contributed by atoms with Crippen molar-refractivity contribution in [2.75, 3.05) is 0 Å². The number of hydrogen-bond acceptors (Lipinski definition) is 4. The van der Waals surface area contributed by atoms with Gasteiger partial charge in [-0.2, -0.15) is 8.42 Å². The zero-order valence-corrected chi connectivity index (χ0v) is 13.7. The van der Waals surface area contributed by atoms with E-state index in [1.807, 2.05) is 26.0 Å². The highest BCUT2D eigenvalue weighted by Crippen LogP contribution is 2.43. The summed E-state index contributed by atoms with van der Waals surface area (Å²) in [6, 6.07) is 10.3. The largest absolute Gasteiger partial charge is 0.504 e. The van der Waals surface area contributed by atoms with Crippen LogP contribution in [0.15, 0.2) is 36.4 Å². The number of phenolic OH excluding ortho intramolecular Hbond substituents is 1. The second kappa shape index (κ2) is 5.54. The van der Waals surface area contributed by atoms with Gasteiger partial charge in [0.05, 0.1) is 0 Å². The molecule has 0 saturated carbocycles. The molecule has 0 aliphatic carbocycles. The van der Waals surface area contributed by atoms with Crippen LogP contribution in [0.4, 0.5) is 0 Å². The molecule has 0 radical (unpaired) electrons. The number of aryl methyl sites for hydroxylation is 1. The lowest BCUT2D eigenvalue weighted by atomic mass is 9.92. The Morgan fingerprint density at radius 3 is 2.52 bits per heavy atom. The molecule has 0 saturated heterocycles. The van der Waals surface area contributed by atoms with Gasteiger partial charge in [0.15, 0.2) is 11.5 Å². The van der Waals surface area contributed by atoms with Gasteiger partial charge in [-0.05, 0) is 48.6 Å². The van der Waals surface area contributed by atoms with Gasteiger partial charge in [0.2, 0.25) is 0 Å². The molecule has 5 nitrogen and oxygen atoms in total. The second-order valence-electron chi connectivity index (χ2n) is 5.85. The highest BCUT2D eigenvalue weighted by atomic mass is 32.2. The Kier molecular flexibility index (Phi) is 3.82. The first-order chi connectivity index (χ1) is 10.8. The standard InChI is InChI=1S/C17H18O5S/c1-10-5-3-7-13(11(10)2)17-15(23(19,20)21)9-12-6-4-8-14(18)16(12)22-17/h3-8,15,17-18H,9H2,1-2H3,(H,19,20,21). The molecule has 2 unspecified atom stereocenters. The summed E-state index contributed by atoms with van der Waals surface area (Å²) in [5, 5.41) is 8.88. The molecule has 3 rings (SSSR count). The number of para-hydroxylation sites is 1. The number of hydrogen-bond donors (Lipinski definition) is 2. The van der Waals surface area contributed by atoms with Gasteiger partial charge in [0.25, 0.3) is 10.1 Å². The molecule has 1 aliphatic heterocycles. The third-order valence-electron chi connectivity index (χ3n) is 4.42. The number of benzene rings is 2. The minimum Gasteiger partial charge on any atom is -0.504 e. The maximum absolute atomic E-state index is 11.9. The first kappa shape index (κ1) is 15.8. The van der Waals surface area contributed by atoms with Gasteiger partial charge in [-0.1, -0.05) is 30.3 Å². The van der Waals surface area contributed by atoms with Crippen LogP contribution in [-0.2, 0) is 16.5 Å². The van der Waals surface area contributed by atoms with Gasteiger partial charge in [-0.15, -0.1) is 0 Å². The second-order valence-corrected chi connectivity index (χ2v) is 7.49. The van der Waals surface area contributed by atoms with Crippen molar-refractivity contribution >= 4 is 10.1 Å². The maximum Gasteiger partial charge on any atom is 0.272 e. The monoisotopic (exact) mass is 334 g/mol. The van der Waals surface area contributed by atoms with E-state index in [-0.39, 0.29) is 17.9 Å². The van der Waals surface area contributed by atoms with Crippen LogP contribution in [0.2, 0.25) is 0 Å². The van der Waals surface area contributed by atoms with Crippen LogP contribution in [0.3, 0.4) is 0 Å². The van der Waals surface area contributed by atoms with Crippen LogP contribution in [0.25, 0.3) is 0 Å². The van der Waals surface area contributed by atoms with Crippen molar-refractivity contribution in [2.45, 2.75) is 31.6 Å². The Labute approximate surface area is 135 Å². The number of rotatable bonds is 2. The van der Waals surface area contributed by atoms with Crippen LogP contribution in [0, 0.1) is 13.8 Å². The average Bonchev–Trinajstić information content (AvgIpc) is 2.49. The van der Waals surface area contributed by atoms with Crippen molar-refractivity contribution in [3.8, 4) is 11.5 Å². The zero-order valence-electron chi connectivity index (χ0n) is 12.9. The maximum atomic E-state index is 11.9. The molecule has 23 heavy (non-hydrogen) atoms. The summed E-state index contributed by atoms with van der Waals surface area (Å²) >= 11 is 0. The molecule has 2 N–H and O–H groups in total. The fourth-order valence-electron chi connectivity index (χ4n) is 3.00. The van der Waals surface area contributed by atoms with Crippen molar-refractivity contribution in [1.29, 1.82) is 0 Å². The molecule has 0 amide bonds.